The molecule has 2 aromatic rings. The predicted octanol–water partition coefficient (Wildman–Crippen LogP) is -1.27. The third-order valence-corrected chi connectivity index (χ3v) is 6.77. The van der Waals surface area contributed by atoms with Crippen LogP contribution in [-0.2, 0) is 34.0 Å². The fraction of sp³-hybridized carbons (Fsp3) is 0.423. The number of aldehydes is 1. The highest BCUT2D eigenvalue weighted by molar-refractivity contribution is 6.02. The molecule has 38 heavy (non-hydrogen) atoms. The van der Waals surface area contributed by atoms with E-state index >= 15 is 0 Å². The molecule has 2 heterocycles. The van der Waals surface area contributed by atoms with E-state index in [0.29, 0.717) is 11.3 Å². The molecule has 5 N–H and O–H groups in total. The number of aliphatic hydroxyl groups is 4. The summed E-state index contributed by atoms with van der Waals surface area (Å²) >= 11 is 0. The van der Waals surface area contributed by atoms with Gasteiger partial charge in [-0.25, -0.2) is 0 Å². The Morgan fingerprint density at radius 2 is 1.76 bits per heavy atom. The lowest BCUT2D eigenvalue weighted by molar-refractivity contribution is -0.345. The van der Waals surface area contributed by atoms with E-state index in [-0.39, 0.29) is 18.7 Å². The maximum absolute atomic E-state index is 13.2. The summed E-state index contributed by atoms with van der Waals surface area (Å²) in [5, 5.41) is 42.7. The summed E-state index contributed by atoms with van der Waals surface area (Å²) in [6, 6.07) is 10.4. The zero-order valence-corrected chi connectivity index (χ0v) is 20.9. The zero-order chi connectivity index (χ0) is 27.5. The van der Waals surface area contributed by atoms with Crippen LogP contribution >= 0.6 is 0 Å². The Labute approximate surface area is 219 Å². The van der Waals surface area contributed by atoms with Crippen molar-refractivity contribution in [2.45, 2.75) is 37.3 Å². The highest BCUT2D eigenvalue weighted by atomic mass is 16.6. The molecule has 0 aliphatic carbocycles. The van der Waals surface area contributed by atoms with Crippen molar-refractivity contribution in [1.82, 2.24) is 15.1 Å². The maximum atomic E-state index is 13.2. The quantitative estimate of drug-likeness (QED) is 0.185. The first-order valence-corrected chi connectivity index (χ1v) is 12.1. The van der Waals surface area contributed by atoms with E-state index in [2.05, 4.69) is 10.2 Å². The van der Waals surface area contributed by atoms with Gasteiger partial charge in [-0.3, -0.25) is 19.3 Å². The van der Waals surface area contributed by atoms with Crippen molar-refractivity contribution in [3.8, 4) is 5.75 Å². The van der Waals surface area contributed by atoms with Crippen molar-refractivity contribution in [2.75, 3.05) is 33.4 Å². The molecular weight excluding hydrogens is 498 g/mol. The van der Waals surface area contributed by atoms with Crippen LogP contribution in [0.5, 0.6) is 5.75 Å². The van der Waals surface area contributed by atoms with E-state index in [1.165, 1.54) is 6.07 Å². The Bertz CT molecular complexity index is 1180. The molecule has 2 aromatic carbocycles. The van der Waals surface area contributed by atoms with E-state index in [9.17, 15) is 34.8 Å². The Balaban J connectivity index is 1.49. The first-order chi connectivity index (χ1) is 18.1. The molecule has 204 valence electrons. The van der Waals surface area contributed by atoms with Crippen LogP contribution in [0, 0.1) is 0 Å². The standard InChI is InChI=1S/C26H31N3O9/c1-27-23(31)22(26(35,36)25(33,34)16-30)29-14-20-19(24(29)32)3-2-4-21(20)38-15-18-7-5-17(6-8-18)13-28-9-11-37-12-10-28/h2-8,16,22,33-36H,9-15H2,1H3,(H,27,31). The van der Waals surface area contributed by atoms with E-state index < -0.39 is 35.7 Å². The van der Waals surface area contributed by atoms with Crippen LogP contribution < -0.4 is 10.1 Å². The van der Waals surface area contributed by atoms with Crippen molar-refractivity contribution >= 4 is 18.1 Å². The van der Waals surface area contributed by atoms with Crippen molar-refractivity contribution < 1.29 is 44.3 Å². The number of nitrogens with one attached hydrogen (secondary N) is 1. The molecule has 0 aromatic heterocycles. The molecule has 2 aliphatic rings. The van der Waals surface area contributed by atoms with Crippen molar-refractivity contribution in [3.63, 3.8) is 0 Å². The number of nitrogens with zero attached hydrogens (tertiary/aromatic N) is 2. The van der Waals surface area contributed by atoms with Gasteiger partial charge in [0.2, 0.25) is 5.91 Å². The minimum atomic E-state index is -3.73. The van der Waals surface area contributed by atoms with Crippen molar-refractivity contribution in [2.24, 2.45) is 0 Å². The fourth-order valence-corrected chi connectivity index (χ4v) is 4.56. The molecule has 1 unspecified atom stereocenters. The number of carbonyl (C=O) groups excluding carboxylic acids is 3. The molecule has 12 nitrogen and oxygen atoms in total. The number of amides is 2. The molecule has 4 rings (SSSR count). The average molecular weight is 530 g/mol. The van der Waals surface area contributed by atoms with Gasteiger partial charge >= 0.3 is 0 Å². The second kappa shape index (κ2) is 11.2. The molecule has 0 saturated carbocycles. The van der Waals surface area contributed by atoms with E-state index in [1.807, 2.05) is 24.3 Å². The number of hydrogen-bond acceptors (Lipinski definition) is 10. The van der Waals surface area contributed by atoms with Gasteiger partial charge in [0.25, 0.3) is 17.5 Å². The fourth-order valence-electron chi connectivity index (χ4n) is 4.56. The van der Waals surface area contributed by atoms with Gasteiger partial charge in [-0.1, -0.05) is 30.3 Å². The Hall–Kier alpha value is -3.39. The van der Waals surface area contributed by atoms with Gasteiger partial charge < -0.3 is 40.1 Å². The predicted molar refractivity (Wildman–Crippen MR) is 131 cm³/mol. The Morgan fingerprint density at radius 1 is 1.11 bits per heavy atom. The number of ether oxygens (including phenoxy) is 2. The zero-order valence-electron chi connectivity index (χ0n) is 20.9. The van der Waals surface area contributed by atoms with Crippen LogP contribution in [0.1, 0.15) is 27.0 Å². The Morgan fingerprint density at radius 3 is 2.39 bits per heavy atom. The topological polar surface area (TPSA) is 169 Å². The van der Waals surface area contributed by atoms with Crippen molar-refractivity contribution in [1.29, 1.82) is 0 Å². The normalized spacial score (nSPS) is 17.2. The molecule has 2 amide bonds. The van der Waals surface area contributed by atoms with E-state index in [0.717, 1.165) is 55.9 Å². The van der Waals surface area contributed by atoms with Crippen LogP contribution in [0.15, 0.2) is 42.5 Å². The SMILES string of the molecule is CNC(=O)C(N1Cc2c(OCc3ccc(CN4CCOCC4)cc3)cccc2C1=O)C(O)(O)C(O)(O)C=O. The van der Waals surface area contributed by atoms with Gasteiger partial charge in [0, 0.05) is 37.8 Å². The number of carbonyl (C=O) groups is 3. The molecular formula is C26H31N3O9. The van der Waals surface area contributed by atoms with E-state index in [1.54, 1.807) is 12.1 Å². The lowest BCUT2D eigenvalue weighted by Gasteiger charge is -2.40. The first-order valence-electron chi connectivity index (χ1n) is 12.1. The summed E-state index contributed by atoms with van der Waals surface area (Å²) in [4.78, 5) is 39.9. The molecule has 0 radical (unpaired) electrons. The van der Waals surface area contributed by atoms with Crippen molar-refractivity contribution in [3.05, 3.63) is 64.7 Å². The number of likely N-dealkylation sites (N-methyl/N-ethyl adjacent to an activating group) is 1. The largest absolute Gasteiger partial charge is 0.489 e. The van der Waals surface area contributed by atoms with Crippen LogP contribution in [0.3, 0.4) is 0 Å². The first kappa shape index (κ1) is 27.6. The van der Waals surface area contributed by atoms with Crippen LogP contribution in [-0.4, -0.2) is 99.3 Å². The van der Waals surface area contributed by atoms with Gasteiger partial charge in [0.15, 0.2) is 12.3 Å². The summed E-state index contributed by atoms with van der Waals surface area (Å²) in [6.45, 7) is 3.94. The summed E-state index contributed by atoms with van der Waals surface area (Å²) in [5.74, 6) is -9.00. The summed E-state index contributed by atoms with van der Waals surface area (Å²) in [6.07, 6.45) is -0.530. The molecule has 0 bridgehead atoms. The number of benzene rings is 2. The summed E-state index contributed by atoms with van der Waals surface area (Å²) in [5.41, 5.74) is 2.56. The number of fused-ring (bicyclic) bond motifs is 1. The van der Waals surface area contributed by atoms with Gasteiger partial charge in [0.05, 0.1) is 19.8 Å². The molecule has 0 spiro atoms. The third kappa shape index (κ3) is 5.41. The smallest absolute Gasteiger partial charge is 0.279 e. The highest BCUT2D eigenvalue weighted by Crippen LogP contribution is 2.36. The molecule has 2 aliphatic heterocycles. The lowest BCUT2D eigenvalue weighted by atomic mass is 9.96. The third-order valence-electron chi connectivity index (χ3n) is 6.77. The second-order valence-corrected chi connectivity index (χ2v) is 9.30. The monoisotopic (exact) mass is 529 g/mol. The lowest BCUT2D eigenvalue weighted by Crippen LogP contribution is -2.70. The molecule has 1 saturated heterocycles. The molecule has 1 fully saturated rings. The second-order valence-electron chi connectivity index (χ2n) is 9.30. The van der Waals surface area contributed by atoms with Gasteiger partial charge in [0.1, 0.15) is 12.4 Å². The van der Waals surface area contributed by atoms with E-state index in [4.69, 9.17) is 9.47 Å². The minimum absolute atomic E-state index is 0.139. The summed E-state index contributed by atoms with van der Waals surface area (Å²) < 4.78 is 11.4. The van der Waals surface area contributed by atoms with Gasteiger partial charge in [-0.2, -0.15) is 0 Å². The number of morpholine rings is 1. The molecule has 1 atom stereocenters. The van der Waals surface area contributed by atoms with Gasteiger partial charge in [-0.05, 0) is 23.3 Å². The molecule has 12 heteroatoms. The van der Waals surface area contributed by atoms with Gasteiger partial charge in [-0.15, -0.1) is 0 Å². The minimum Gasteiger partial charge on any atom is -0.489 e. The Kier molecular flexibility index (Phi) is 8.11. The van der Waals surface area contributed by atoms with Crippen LogP contribution in [0.2, 0.25) is 0 Å². The summed E-state index contributed by atoms with van der Waals surface area (Å²) in [7, 11) is 1.16. The van der Waals surface area contributed by atoms with Crippen LogP contribution in [0.4, 0.5) is 0 Å². The number of rotatable bonds is 10. The highest BCUT2D eigenvalue weighted by Gasteiger charge is 2.60. The van der Waals surface area contributed by atoms with Crippen LogP contribution in [0.25, 0.3) is 0 Å². The average Bonchev–Trinajstić information content (AvgIpc) is 3.24. The maximum Gasteiger partial charge on any atom is 0.279 e. The number of hydrogen-bond donors (Lipinski definition) is 5.